The van der Waals surface area contributed by atoms with Gasteiger partial charge < -0.3 is 0 Å². The standard InChI is InChI=1S/C9H12N2O3S/c1-15-9(3-2-4-9)5-11-7(13)6(12)10-8(11)14/h2-5H2,1H3,(H,10,12,14). The summed E-state index contributed by atoms with van der Waals surface area (Å²) >= 11 is 1.67. The van der Waals surface area contributed by atoms with Gasteiger partial charge in [-0.15, -0.1) is 0 Å². The fourth-order valence-electron chi connectivity index (χ4n) is 1.86. The van der Waals surface area contributed by atoms with Crippen molar-refractivity contribution in [2.75, 3.05) is 12.8 Å². The largest absolute Gasteiger partial charge is 0.331 e. The van der Waals surface area contributed by atoms with Gasteiger partial charge in [0.15, 0.2) is 0 Å². The fraction of sp³-hybridized carbons (Fsp3) is 0.667. The van der Waals surface area contributed by atoms with Gasteiger partial charge in [0, 0.05) is 11.3 Å². The van der Waals surface area contributed by atoms with E-state index < -0.39 is 17.8 Å². The maximum absolute atomic E-state index is 11.3. The third kappa shape index (κ3) is 1.62. The van der Waals surface area contributed by atoms with Crippen molar-refractivity contribution < 1.29 is 14.4 Å². The Bertz CT molecular complexity index is 333. The molecule has 6 heteroatoms. The molecule has 0 radical (unpaired) electrons. The molecule has 1 aliphatic heterocycles. The molecule has 0 atom stereocenters. The molecule has 1 saturated heterocycles. The van der Waals surface area contributed by atoms with Crippen LogP contribution in [0.2, 0.25) is 0 Å². The zero-order valence-corrected chi connectivity index (χ0v) is 9.23. The zero-order valence-electron chi connectivity index (χ0n) is 8.41. The normalized spacial score (nSPS) is 24.1. The van der Waals surface area contributed by atoms with Gasteiger partial charge in [0.2, 0.25) is 0 Å². The van der Waals surface area contributed by atoms with Gasteiger partial charge in [-0.05, 0) is 19.1 Å². The third-order valence-corrected chi connectivity index (χ3v) is 4.45. The number of carbonyl (C=O) groups is 3. The van der Waals surface area contributed by atoms with Gasteiger partial charge in [0.1, 0.15) is 0 Å². The molecule has 0 aromatic rings. The van der Waals surface area contributed by atoms with E-state index in [0.717, 1.165) is 24.2 Å². The number of hydrogen-bond acceptors (Lipinski definition) is 4. The van der Waals surface area contributed by atoms with Gasteiger partial charge in [-0.25, -0.2) is 4.79 Å². The van der Waals surface area contributed by atoms with Crippen LogP contribution in [0.4, 0.5) is 4.79 Å². The highest BCUT2D eigenvalue weighted by molar-refractivity contribution is 8.00. The Morgan fingerprint density at radius 2 is 2.07 bits per heavy atom. The van der Waals surface area contributed by atoms with Crippen LogP contribution in [-0.2, 0) is 9.59 Å². The number of rotatable bonds is 3. The van der Waals surface area contributed by atoms with Gasteiger partial charge in [-0.2, -0.15) is 11.8 Å². The molecular weight excluding hydrogens is 216 g/mol. The molecule has 0 aromatic carbocycles. The molecular formula is C9H12N2O3S. The second-order valence-corrected chi connectivity index (χ2v) is 5.17. The molecule has 0 spiro atoms. The first-order chi connectivity index (χ1) is 7.08. The Balaban J connectivity index is 2.08. The topological polar surface area (TPSA) is 66.5 Å². The molecule has 1 N–H and O–H groups in total. The number of carbonyl (C=O) groups excluding carboxylic acids is 3. The number of amides is 4. The van der Waals surface area contributed by atoms with E-state index in [9.17, 15) is 14.4 Å². The third-order valence-electron chi connectivity index (χ3n) is 3.05. The van der Waals surface area contributed by atoms with E-state index in [1.54, 1.807) is 11.8 Å². The van der Waals surface area contributed by atoms with Crippen LogP contribution in [-0.4, -0.2) is 40.3 Å². The first-order valence-corrected chi connectivity index (χ1v) is 6.02. The van der Waals surface area contributed by atoms with Crippen molar-refractivity contribution >= 4 is 29.6 Å². The van der Waals surface area contributed by atoms with E-state index in [0.29, 0.717) is 6.54 Å². The average molecular weight is 228 g/mol. The Kier molecular flexibility index (Phi) is 2.46. The van der Waals surface area contributed by atoms with Crippen LogP contribution in [0, 0.1) is 0 Å². The fourth-order valence-corrected chi connectivity index (χ4v) is 2.82. The smallest absolute Gasteiger partial charge is 0.269 e. The summed E-state index contributed by atoms with van der Waals surface area (Å²) in [5, 5.41) is 2.00. The molecule has 2 aliphatic rings. The summed E-state index contributed by atoms with van der Waals surface area (Å²) in [6.07, 6.45) is 5.09. The number of urea groups is 1. The summed E-state index contributed by atoms with van der Waals surface area (Å²) in [6, 6.07) is -0.578. The minimum atomic E-state index is -0.810. The highest BCUT2D eigenvalue weighted by Crippen LogP contribution is 2.43. The minimum absolute atomic E-state index is 0.0162. The van der Waals surface area contributed by atoms with Crippen molar-refractivity contribution in [1.82, 2.24) is 10.2 Å². The maximum Gasteiger partial charge on any atom is 0.331 e. The summed E-state index contributed by atoms with van der Waals surface area (Å²) in [7, 11) is 0. The summed E-state index contributed by atoms with van der Waals surface area (Å²) in [6.45, 7) is 0.352. The van der Waals surface area contributed by atoms with Gasteiger partial charge in [-0.1, -0.05) is 6.42 Å². The highest BCUT2D eigenvalue weighted by atomic mass is 32.2. The second-order valence-electron chi connectivity index (χ2n) is 3.89. The molecule has 2 rings (SSSR count). The average Bonchev–Trinajstić information content (AvgIpc) is 2.37. The lowest BCUT2D eigenvalue weighted by atomic mass is 9.84. The predicted molar refractivity (Wildman–Crippen MR) is 55.3 cm³/mol. The molecule has 5 nitrogen and oxygen atoms in total. The Morgan fingerprint density at radius 1 is 1.40 bits per heavy atom. The molecule has 82 valence electrons. The SMILES string of the molecule is CSC1(CN2C(=O)NC(=O)C2=O)CCC1. The number of imide groups is 2. The molecule has 4 amide bonds. The Morgan fingerprint density at radius 3 is 2.40 bits per heavy atom. The van der Waals surface area contributed by atoms with Crippen molar-refractivity contribution in [2.24, 2.45) is 0 Å². The molecule has 1 aliphatic carbocycles. The number of nitrogens with zero attached hydrogens (tertiary/aromatic N) is 1. The van der Waals surface area contributed by atoms with Crippen LogP contribution in [0.15, 0.2) is 0 Å². The lowest BCUT2D eigenvalue weighted by Gasteiger charge is -2.41. The van der Waals surface area contributed by atoms with Crippen LogP contribution < -0.4 is 5.32 Å². The van der Waals surface area contributed by atoms with Crippen molar-refractivity contribution in [1.29, 1.82) is 0 Å². The molecule has 0 unspecified atom stereocenters. The minimum Gasteiger partial charge on any atom is -0.269 e. The number of thioether (sulfide) groups is 1. The summed E-state index contributed by atoms with van der Waals surface area (Å²) in [5.74, 6) is -1.53. The van der Waals surface area contributed by atoms with Crippen molar-refractivity contribution in [3.05, 3.63) is 0 Å². The molecule has 2 fully saturated rings. The summed E-state index contributed by atoms with van der Waals surface area (Å²) in [4.78, 5) is 34.6. The van der Waals surface area contributed by atoms with E-state index in [1.807, 2.05) is 11.6 Å². The van der Waals surface area contributed by atoms with Crippen LogP contribution in [0.25, 0.3) is 0 Å². The van der Waals surface area contributed by atoms with E-state index in [2.05, 4.69) is 0 Å². The van der Waals surface area contributed by atoms with Crippen LogP contribution in [0.3, 0.4) is 0 Å². The van der Waals surface area contributed by atoms with Crippen molar-refractivity contribution in [3.8, 4) is 0 Å². The summed E-state index contributed by atoms with van der Waals surface area (Å²) in [5.41, 5.74) is 0. The van der Waals surface area contributed by atoms with Crippen molar-refractivity contribution in [3.63, 3.8) is 0 Å². The van der Waals surface area contributed by atoms with Gasteiger partial charge in [0.05, 0.1) is 0 Å². The van der Waals surface area contributed by atoms with Crippen LogP contribution in [0.5, 0.6) is 0 Å². The Hall–Kier alpha value is -1.04. The zero-order chi connectivity index (χ0) is 11.1. The van der Waals surface area contributed by atoms with Crippen LogP contribution in [0.1, 0.15) is 19.3 Å². The van der Waals surface area contributed by atoms with Gasteiger partial charge >= 0.3 is 17.8 Å². The van der Waals surface area contributed by atoms with E-state index in [4.69, 9.17) is 0 Å². The number of hydrogen-bond donors (Lipinski definition) is 1. The second kappa shape index (κ2) is 3.52. The monoisotopic (exact) mass is 228 g/mol. The van der Waals surface area contributed by atoms with E-state index in [1.165, 1.54) is 0 Å². The van der Waals surface area contributed by atoms with Crippen molar-refractivity contribution in [2.45, 2.75) is 24.0 Å². The van der Waals surface area contributed by atoms with E-state index in [-0.39, 0.29) is 4.75 Å². The first kappa shape index (κ1) is 10.5. The Labute approximate surface area is 91.6 Å². The maximum atomic E-state index is 11.3. The van der Waals surface area contributed by atoms with Gasteiger partial charge in [0.25, 0.3) is 0 Å². The molecule has 0 aromatic heterocycles. The highest BCUT2D eigenvalue weighted by Gasteiger charge is 2.45. The lowest BCUT2D eigenvalue weighted by molar-refractivity contribution is -0.140. The first-order valence-electron chi connectivity index (χ1n) is 4.80. The molecule has 1 heterocycles. The van der Waals surface area contributed by atoms with E-state index >= 15 is 0 Å². The van der Waals surface area contributed by atoms with Gasteiger partial charge in [-0.3, -0.25) is 19.8 Å². The number of nitrogens with one attached hydrogen (secondary N) is 1. The quantitative estimate of drug-likeness (QED) is 0.559. The summed E-state index contributed by atoms with van der Waals surface area (Å²) < 4.78 is -0.0162. The lowest BCUT2D eigenvalue weighted by Crippen LogP contribution is -2.47. The molecule has 15 heavy (non-hydrogen) atoms. The molecule has 1 saturated carbocycles. The predicted octanol–water partition coefficient (Wildman–Crippen LogP) is 0.350. The van der Waals surface area contributed by atoms with Crippen LogP contribution >= 0.6 is 11.8 Å². The molecule has 0 bridgehead atoms.